The molecular formula is C38H38N2O2. The maximum absolute atomic E-state index is 12.6. The number of nitrogens with one attached hydrogen (secondary N) is 1. The van der Waals surface area contributed by atoms with E-state index in [4.69, 9.17) is 10.5 Å². The molecule has 3 N–H and O–H groups in total. The Kier molecular flexibility index (Phi) is 9.48. The van der Waals surface area contributed by atoms with Crippen LogP contribution in [0.2, 0.25) is 0 Å². The number of ether oxygens (including phenoxy) is 1. The van der Waals surface area contributed by atoms with Gasteiger partial charge in [-0.1, -0.05) is 141 Å². The van der Waals surface area contributed by atoms with Gasteiger partial charge < -0.3 is 10.5 Å². The van der Waals surface area contributed by atoms with E-state index in [2.05, 4.69) is 79.8 Å². The first-order valence-electron chi connectivity index (χ1n) is 14.5. The minimum atomic E-state index is -0.359. The second kappa shape index (κ2) is 13.8. The molecule has 1 atom stereocenters. The van der Waals surface area contributed by atoms with Gasteiger partial charge in [-0.3, -0.25) is 10.1 Å². The molecule has 0 bridgehead atoms. The van der Waals surface area contributed by atoms with Crippen LogP contribution in [-0.4, -0.2) is 5.91 Å². The van der Waals surface area contributed by atoms with Gasteiger partial charge in [0.2, 0.25) is 5.91 Å². The van der Waals surface area contributed by atoms with Crippen molar-refractivity contribution in [1.29, 1.82) is 0 Å². The van der Waals surface area contributed by atoms with Crippen LogP contribution < -0.4 is 15.8 Å². The fourth-order valence-corrected chi connectivity index (χ4v) is 5.61. The quantitative estimate of drug-likeness (QED) is 0.163. The van der Waals surface area contributed by atoms with Crippen molar-refractivity contribution in [3.8, 4) is 16.9 Å². The Balaban J connectivity index is 1.64. The van der Waals surface area contributed by atoms with E-state index in [1.54, 1.807) is 0 Å². The molecule has 0 heterocycles. The van der Waals surface area contributed by atoms with E-state index in [9.17, 15) is 4.79 Å². The predicted octanol–water partition coefficient (Wildman–Crippen LogP) is 8.35. The summed E-state index contributed by atoms with van der Waals surface area (Å²) in [6.45, 7) is 4.85. The number of carbonyl (C=O) groups is 1. The highest BCUT2D eigenvalue weighted by Crippen LogP contribution is 2.43. The minimum Gasteiger partial charge on any atom is -0.489 e. The van der Waals surface area contributed by atoms with Crippen LogP contribution >= 0.6 is 0 Å². The molecule has 0 radical (unpaired) electrons. The fourth-order valence-electron chi connectivity index (χ4n) is 5.61. The van der Waals surface area contributed by atoms with Gasteiger partial charge in [-0.25, -0.2) is 0 Å². The monoisotopic (exact) mass is 554 g/mol. The van der Waals surface area contributed by atoms with E-state index in [0.29, 0.717) is 6.61 Å². The molecule has 0 aromatic heterocycles. The molecule has 0 saturated heterocycles. The van der Waals surface area contributed by atoms with Crippen LogP contribution in [-0.2, 0) is 11.4 Å². The summed E-state index contributed by atoms with van der Waals surface area (Å²) in [5.41, 5.74) is 13.5. The molecule has 1 amide bonds. The van der Waals surface area contributed by atoms with Crippen LogP contribution in [0.5, 0.6) is 5.75 Å². The number of nitrogens with two attached hydrogens (primary N) is 1. The Morgan fingerprint density at radius 1 is 0.714 bits per heavy atom. The molecule has 5 aromatic carbocycles. The van der Waals surface area contributed by atoms with E-state index < -0.39 is 0 Å². The number of primary amides is 1. The summed E-state index contributed by atoms with van der Waals surface area (Å²) >= 11 is 0. The molecule has 212 valence electrons. The molecule has 0 saturated carbocycles. The van der Waals surface area contributed by atoms with Crippen LogP contribution in [0.4, 0.5) is 0 Å². The number of hydrogen-bond donors (Lipinski definition) is 2. The third kappa shape index (κ3) is 6.96. The first-order chi connectivity index (χ1) is 20.5. The summed E-state index contributed by atoms with van der Waals surface area (Å²) < 4.78 is 6.47. The summed E-state index contributed by atoms with van der Waals surface area (Å²) in [6, 6.07) is 44.9. The molecule has 1 unspecified atom stereocenters. The molecule has 0 spiro atoms. The van der Waals surface area contributed by atoms with Gasteiger partial charge in [0.25, 0.3) is 0 Å². The molecule has 5 aromatic rings. The van der Waals surface area contributed by atoms with Crippen LogP contribution in [0.15, 0.2) is 133 Å². The van der Waals surface area contributed by atoms with Gasteiger partial charge >= 0.3 is 0 Å². The van der Waals surface area contributed by atoms with E-state index in [0.717, 1.165) is 44.7 Å². The topological polar surface area (TPSA) is 64.3 Å². The number of rotatable bonds is 12. The second-order valence-corrected chi connectivity index (χ2v) is 10.9. The number of amides is 1. The van der Waals surface area contributed by atoms with Crippen molar-refractivity contribution < 1.29 is 9.53 Å². The SMILES string of the molecule is CC(C)c1c(OCc2ccccc2)ccc(C(CC(N)=O)NC(c2ccccc2)c2ccccc2)c1-c1ccccc1. The number of hydrogen-bond acceptors (Lipinski definition) is 3. The highest BCUT2D eigenvalue weighted by atomic mass is 16.5. The van der Waals surface area contributed by atoms with E-state index in [1.807, 2.05) is 72.8 Å². The molecule has 5 rings (SSSR count). The van der Waals surface area contributed by atoms with Gasteiger partial charge in [-0.15, -0.1) is 0 Å². The molecule has 0 aliphatic rings. The maximum atomic E-state index is 12.6. The zero-order valence-electron chi connectivity index (χ0n) is 24.2. The Morgan fingerprint density at radius 3 is 1.76 bits per heavy atom. The van der Waals surface area contributed by atoms with Crippen molar-refractivity contribution in [3.05, 3.63) is 161 Å². The summed E-state index contributed by atoms with van der Waals surface area (Å²) in [5.74, 6) is 0.651. The Labute approximate surface area is 249 Å². The summed E-state index contributed by atoms with van der Waals surface area (Å²) in [5, 5.41) is 3.85. The molecule has 0 aliphatic carbocycles. The molecule has 0 aliphatic heterocycles. The van der Waals surface area contributed by atoms with Gasteiger partial charge in [0, 0.05) is 18.0 Å². The second-order valence-electron chi connectivity index (χ2n) is 10.9. The van der Waals surface area contributed by atoms with Crippen molar-refractivity contribution in [2.75, 3.05) is 0 Å². The summed E-state index contributed by atoms with van der Waals surface area (Å²) in [4.78, 5) is 12.6. The Morgan fingerprint density at radius 2 is 1.24 bits per heavy atom. The van der Waals surface area contributed by atoms with Crippen molar-refractivity contribution in [3.63, 3.8) is 0 Å². The van der Waals surface area contributed by atoms with Crippen molar-refractivity contribution in [2.45, 2.75) is 44.9 Å². The van der Waals surface area contributed by atoms with Crippen molar-refractivity contribution >= 4 is 5.91 Å². The van der Waals surface area contributed by atoms with Gasteiger partial charge in [0.1, 0.15) is 12.4 Å². The van der Waals surface area contributed by atoms with Crippen LogP contribution in [0.25, 0.3) is 11.1 Å². The highest BCUT2D eigenvalue weighted by molar-refractivity contribution is 5.78. The van der Waals surface area contributed by atoms with Gasteiger partial charge in [0.05, 0.1) is 6.04 Å². The molecular weight excluding hydrogens is 516 g/mol. The van der Waals surface area contributed by atoms with E-state index in [1.165, 1.54) is 0 Å². The lowest BCUT2D eigenvalue weighted by atomic mass is 9.84. The van der Waals surface area contributed by atoms with E-state index >= 15 is 0 Å². The lowest BCUT2D eigenvalue weighted by Gasteiger charge is -2.30. The average molecular weight is 555 g/mol. The molecule has 4 heteroatoms. The maximum Gasteiger partial charge on any atom is 0.219 e. The van der Waals surface area contributed by atoms with Crippen molar-refractivity contribution in [1.82, 2.24) is 5.32 Å². The fraction of sp³-hybridized carbons (Fsp3) is 0.184. The van der Waals surface area contributed by atoms with Crippen LogP contribution in [0.1, 0.15) is 66.1 Å². The van der Waals surface area contributed by atoms with Crippen LogP contribution in [0, 0.1) is 0 Å². The largest absolute Gasteiger partial charge is 0.489 e. The third-order valence-corrected chi connectivity index (χ3v) is 7.53. The number of benzene rings is 5. The van der Waals surface area contributed by atoms with Gasteiger partial charge in [-0.2, -0.15) is 0 Å². The smallest absolute Gasteiger partial charge is 0.219 e. The molecule has 0 fully saturated rings. The Hall–Kier alpha value is -4.67. The Bertz CT molecular complexity index is 1530. The lowest BCUT2D eigenvalue weighted by Crippen LogP contribution is -2.31. The summed E-state index contributed by atoms with van der Waals surface area (Å²) in [7, 11) is 0. The van der Waals surface area contributed by atoms with Gasteiger partial charge in [0.15, 0.2) is 0 Å². The van der Waals surface area contributed by atoms with Crippen molar-refractivity contribution in [2.24, 2.45) is 5.73 Å². The highest BCUT2D eigenvalue weighted by Gasteiger charge is 2.27. The first kappa shape index (κ1) is 28.8. The van der Waals surface area contributed by atoms with E-state index in [-0.39, 0.29) is 30.3 Å². The lowest BCUT2D eigenvalue weighted by molar-refractivity contribution is -0.118. The minimum absolute atomic E-state index is 0.142. The standard InChI is InChI=1S/C38H38N2O2/c1-27(2)36-34(42-26-28-15-7-3-8-16-28)24-23-32(37(36)29-17-9-4-10-18-29)33(25-35(39)41)40-38(30-19-11-5-12-20-30)31-21-13-6-14-22-31/h3-24,27,33,38,40H,25-26H2,1-2H3,(H2,39,41). The number of carbonyl (C=O) groups excluding carboxylic acids is 1. The molecule has 4 nitrogen and oxygen atoms in total. The van der Waals surface area contributed by atoms with Gasteiger partial charge in [-0.05, 0) is 45.4 Å². The molecule has 42 heavy (non-hydrogen) atoms. The van der Waals surface area contributed by atoms with Crippen LogP contribution in [0.3, 0.4) is 0 Å². The normalized spacial score (nSPS) is 11.9. The third-order valence-electron chi connectivity index (χ3n) is 7.53. The predicted molar refractivity (Wildman–Crippen MR) is 171 cm³/mol. The zero-order valence-corrected chi connectivity index (χ0v) is 24.2. The summed E-state index contributed by atoms with van der Waals surface area (Å²) in [6.07, 6.45) is 0.151. The average Bonchev–Trinajstić information content (AvgIpc) is 3.03. The first-order valence-corrected chi connectivity index (χ1v) is 14.5. The zero-order chi connectivity index (χ0) is 29.3.